The zero-order valence-electron chi connectivity index (χ0n) is 11.1. The van der Waals surface area contributed by atoms with Crippen LogP contribution >= 0.6 is 0 Å². The van der Waals surface area contributed by atoms with E-state index in [0.717, 1.165) is 19.6 Å². The first-order chi connectivity index (χ1) is 8.49. The number of carboxylic acids is 1. The summed E-state index contributed by atoms with van der Waals surface area (Å²) in [5, 5.41) is 8.96. The number of aromatic nitrogens is 2. The van der Waals surface area contributed by atoms with Gasteiger partial charge >= 0.3 is 5.97 Å². The fourth-order valence-corrected chi connectivity index (χ4v) is 1.83. The Bertz CT molecular complexity index is 407. The third kappa shape index (κ3) is 3.40. The summed E-state index contributed by atoms with van der Waals surface area (Å²) in [6.45, 7) is 8.62. The lowest BCUT2D eigenvalue weighted by Crippen LogP contribution is -2.26. The van der Waals surface area contributed by atoms with E-state index in [4.69, 9.17) is 10.8 Å². The quantitative estimate of drug-likeness (QED) is 0.783. The first-order valence-corrected chi connectivity index (χ1v) is 6.08. The Morgan fingerprint density at radius 2 is 1.94 bits per heavy atom. The molecule has 0 aliphatic rings. The molecule has 100 valence electrons. The maximum absolute atomic E-state index is 10.9. The fourth-order valence-electron chi connectivity index (χ4n) is 1.83. The van der Waals surface area contributed by atoms with Crippen molar-refractivity contribution in [2.24, 2.45) is 0 Å². The number of rotatable bonds is 6. The maximum atomic E-state index is 10.9. The summed E-state index contributed by atoms with van der Waals surface area (Å²) in [5.74, 6) is -0.438. The van der Waals surface area contributed by atoms with Crippen LogP contribution < -0.4 is 5.73 Å². The average molecular weight is 252 g/mol. The molecule has 0 amide bonds. The van der Waals surface area contributed by atoms with Crippen LogP contribution in [0.15, 0.2) is 0 Å². The Labute approximate surface area is 107 Å². The van der Waals surface area contributed by atoms with Gasteiger partial charge in [-0.2, -0.15) is 0 Å². The highest BCUT2D eigenvalue weighted by Gasteiger charge is 2.15. The molecule has 0 saturated heterocycles. The molecule has 0 fully saturated rings. The van der Waals surface area contributed by atoms with Gasteiger partial charge in [0, 0.05) is 13.0 Å². The summed E-state index contributed by atoms with van der Waals surface area (Å²) in [6, 6.07) is 0. The van der Waals surface area contributed by atoms with Crippen LogP contribution in [0.25, 0.3) is 0 Å². The number of aromatic carboxylic acids is 1. The number of carboxylic acid groups (broad SMARTS) is 1. The summed E-state index contributed by atoms with van der Waals surface area (Å²) in [4.78, 5) is 21.4. The number of likely N-dealkylation sites (N-methyl/N-ethyl adjacent to an activating group) is 1. The summed E-state index contributed by atoms with van der Waals surface area (Å²) < 4.78 is 0. The van der Waals surface area contributed by atoms with E-state index in [0.29, 0.717) is 17.9 Å². The van der Waals surface area contributed by atoms with Crippen LogP contribution in [0.5, 0.6) is 0 Å². The summed E-state index contributed by atoms with van der Waals surface area (Å²) in [6.07, 6.45) is 0.673. The van der Waals surface area contributed by atoms with Gasteiger partial charge in [-0.25, -0.2) is 14.8 Å². The Morgan fingerprint density at radius 3 is 2.39 bits per heavy atom. The van der Waals surface area contributed by atoms with Crippen LogP contribution in [0.2, 0.25) is 0 Å². The van der Waals surface area contributed by atoms with Crippen LogP contribution in [-0.4, -0.2) is 45.6 Å². The third-order valence-electron chi connectivity index (χ3n) is 2.92. The molecule has 0 saturated carbocycles. The maximum Gasteiger partial charge on any atom is 0.341 e. The van der Waals surface area contributed by atoms with Crippen molar-refractivity contribution in [3.05, 3.63) is 17.1 Å². The van der Waals surface area contributed by atoms with Crippen molar-refractivity contribution >= 4 is 11.8 Å². The van der Waals surface area contributed by atoms with Crippen molar-refractivity contribution in [2.75, 3.05) is 25.4 Å². The van der Waals surface area contributed by atoms with E-state index >= 15 is 0 Å². The third-order valence-corrected chi connectivity index (χ3v) is 2.92. The molecule has 0 radical (unpaired) electrons. The van der Waals surface area contributed by atoms with Crippen LogP contribution in [-0.2, 0) is 6.42 Å². The molecule has 1 aromatic rings. The van der Waals surface area contributed by atoms with Gasteiger partial charge in [0.1, 0.15) is 17.2 Å². The topological polar surface area (TPSA) is 92.3 Å². The molecule has 3 N–H and O–H groups in total. The zero-order valence-corrected chi connectivity index (χ0v) is 11.1. The lowest BCUT2D eigenvalue weighted by molar-refractivity contribution is 0.0696. The number of nitrogens with zero attached hydrogens (tertiary/aromatic N) is 3. The predicted octanol–water partition coefficient (Wildman–Crippen LogP) is 0.950. The Hall–Kier alpha value is -1.69. The predicted molar refractivity (Wildman–Crippen MR) is 69.6 cm³/mol. The molecule has 1 aromatic heterocycles. The average Bonchev–Trinajstić information content (AvgIpc) is 2.28. The minimum Gasteiger partial charge on any atom is -0.477 e. The number of hydrogen-bond acceptors (Lipinski definition) is 5. The molecule has 0 aromatic carbocycles. The number of hydrogen-bond donors (Lipinski definition) is 2. The van der Waals surface area contributed by atoms with Gasteiger partial charge in [0.2, 0.25) is 0 Å². The molecule has 0 atom stereocenters. The highest BCUT2D eigenvalue weighted by atomic mass is 16.4. The molecule has 0 aliphatic heterocycles. The van der Waals surface area contributed by atoms with Crippen molar-refractivity contribution in [1.82, 2.24) is 14.9 Å². The standard InChI is InChI=1S/C12H20N4O2/c1-4-16(5-2)7-6-9-14-8(3)10(12(17)18)11(13)15-9/h4-7H2,1-3H3,(H,17,18)(H2,13,14,15). The minimum atomic E-state index is -1.08. The normalized spacial score (nSPS) is 10.9. The van der Waals surface area contributed by atoms with Crippen molar-refractivity contribution < 1.29 is 9.90 Å². The Kier molecular flexibility index (Phi) is 5.03. The number of carbonyl (C=O) groups is 1. The minimum absolute atomic E-state index is 0.00147. The molecule has 1 rings (SSSR count). The van der Waals surface area contributed by atoms with E-state index in [9.17, 15) is 4.79 Å². The number of nitrogens with two attached hydrogens (primary N) is 1. The van der Waals surface area contributed by atoms with Crippen molar-refractivity contribution in [2.45, 2.75) is 27.2 Å². The SMILES string of the molecule is CCN(CC)CCc1nc(C)c(C(=O)O)c(N)n1. The van der Waals surface area contributed by atoms with Crippen LogP contribution in [0.1, 0.15) is 35.7 Å². The second-order valence-corrected chi connectivity index (χ2v) is 4.07. The van der Waals surface area contributed by atoms with Crippen molar-refractivity contribution in [1.29, 1.82) is 0 Å². The second-order valence-electron chi connectivity index (χ2n) is 4.07. The van der Waals surface area contributed by atoms with Gasteiger partial charge in [-0.1, -0.05) is 13.8 Å². The van der Waals surface area contributed by atoms with Gasteiger partial charge in [-0.05, 0) is 20.0 Å². The van der Waals surface area contributed by atoms with Crippen LogP contribution in [0, 0.1) is 6.92 Å². The monoisotopic (exact) mass is 252 g/mol. The molecule has 0 bridgehead atoms. The van der Waals surface area contributed by atoms with Crippen molar-refractivity contribution in [3.63, 3.8) is 0 Å². The first kappa shape index (κ1) is 14.4. The Morgan fingerprint density at radius 1 is 1.33 bits per heavy atom. The molecule has 0 unspecified atom stereocenters. The van der Waals surface area contributed by atoms with Crippen LogP contribution in [0.3, 0.4) is 0 Å². The van der Waals surface area contributed by atoms with E-state index in [-0.39, 0.29) is 11.4 Å². The zero-order chi connectivity index (χ0) is 13.7. The molecule has 6 nitrogen and oxygen atoms in total. The van der Waals surface area contributed by atoms with E-state index in [1.165, 1.54) is 0 Å². The summed E-state index contributed by atoms with van der Waals surface area (Å²) in [5.41, 5.74) is 6.07. The molecule has 0 spiro atoms. The van der Waals surface area contributed by atoms with Gasteiger partial charge in [0.05, 0.1) is 5.69 Å². The first-order valence-electron chi connectivity index (χ1n) is 6.08. The smallest absolute Gasteiger partial charge is 0.341 e. The number of nitrogen functional groups attached to an aromatic ring is 1. The van der Waals surface area contributed by atoms with E-state index in [2.05, 4.69) is 28.7 Å². The van der Waals surface area contributed by atoms with E-state index in [1.54, 1.807) is 6.92 Å². The molecule has 18 heavy (non-hydrogen) atoms. The van der Waals surface area contributed by atoms with E-state index < -0.39 is 5.97 Å². The van der Waals surface area contributed by atoms with Gasteiger partial charge in [-0.15, -0.1) is 0 Å². The van der Waals surface area contributed by atoms with Gasteiger partial charge < -0.3 is 15.7 Å². The van der Waals surface area contributed by atoms with Crippen LogP contribution in [0.4, 0.5) is 5.82 Å². The van der Waals surface area contributed by atoms with Gasteiger partial charge in [0.25, 0.3) is 0 Å². The molecule has 0 aliphatic carbocycles. The second kappa shape index (κ2) is 6.30. The van der Waals surface area contributed by atoms with Gasteiger partial charge in [0.15, 0.2) is 0 Å². The van der Waals surface area contributed by atoms with Crippen molar-refractivity contribution in [3.8, 4) is 0 Å². The lowest BCUT2D eigenvalue weighted by atomic mass is 10.2. The highest BCUT2D eigenvalue weighted by molar-refractivity contribution is 5.93. The number of aryl methyl sites for hydroxylation is 1. The lowest BCUT2D eigenvalue weighted by Gasteiger charge is -2.17. The van der Waals surface area contributed by atoms with E-state index in [1.807, 2.05) is 0 Å². The molecule has 6 heteroatoms. The fraction of sp³-hybridized carbons (Fsp3) is 0.583. The summed E-state index contributed by atoms with van der Waals surface area (Å²) in [7, 11) is 0. The van der Waals surface area contributed by atoms with Gasteiger partial charge in [-0.3, -0.25) is 0 Å². The number of anilines is 1. The summed E-state index contributed by atoms with van der Waals surface area (Å²) >= 11 is 0. The molecule has 1 heterocycles. The molecular weight excluding hydrogens is 232 g/mol. The molecular formula is C12H20N4O2. The highest BCUT2D eigenvalue weighted by Crippen LogP contribution is 2.13. The Balaban J connectivity index is 2.83. The largest absolute Gasteiger partial charge is 0.477 e.